The quantitative estimate of drug-likeness (QED) is 0.822. The first-order chi connectivity index (χ1) is 11.0. The molecule has 0 heterocycles. The van der Waals surface area contributed by atoms with Gasteiger partial charge in [-0.1, -0.05) is 6.07 Å². The Balaban J connectivity index is 2.32. The summed E-state index contributed by atoms with van der Waals surface area (Å²) in [7, 11) is 2.85. The Labute approximate surface area is 142 Å². The fourth-order valence-corrected chi connectivity index (χ4v) is 2.42. The summed E-state index contributed by atoms with van der Waals surface area (Å²) in [5, 5.41) is 2.81. The molecule has 6 heteroatoms. The van der Waals surface area contributed by atoms with Crippen molar-refractivity contribution in [2.75, 3.05) is 19.5 Å². The summed E-state index contributed by atoms with van der Waals surface area (Å²) < 4.78 is 10.5. The first-order valence-corrected chi connectivity index (χ1v) is 7.59. The van der Waals surface area contributed by atoms with Gasteiger partial charge in [-0.25, -0.2) is 4.79 Å². The maximum atomic E-state index is 12.5. The number of esters is 1. The highest BCUT2D eigenvalue weighted by atomic mass is 79.9. The van der Waals surface area contributed by atoms with Crippen LogP contribution in [0.15, 0.2) is 40.9 Å². The smallest absolute Gasteiger partial charge is 0.337 e. The highest BCUT2D eigenvalue weighted by Crippen LogP contribution is 2.25. The third kappa shape index (κ3) is 3.90. The monoisotopic (exact) mass is 377 g/mol. The number of anilines is 1. The van der Waals surface area contributed by atoms with Crippen LogP contribution in [-0.4, -0.2) is 26.1 Å². The Morgan fingerprint density at radius 3 is 2.48 bits per heavy atom. The van der Waals surface area contributed by atoms with E-state index in [1.165, 1.54) is 14.2 Å². The Morgan fingerprint density at radius 2 is 1.83 bits per heavy atom. The van der Waals surface area contributed by atoms with Gasteiger partial charge < -0.3 is 14.8 Å². The molecular formula is C17H16BrNO4. The first-order valence-electron chi connectivity index (χ1n) is 6.80. The molecule has 0 radical (unpaired) electrons. The number of carbonyl (C=O) groups is 2. The van der Waals surface area contributed by atoms with Crippen LogP contribution in [0.25, 0.3) is 0 Å². The van der Waals surface area contributed by atoms with E-state index >= 15 is 0 Å². The van der Waals surface area contributed by atoms with Gasteiger partial charge in [0.15, 0.2) is 0 Å². The lowest BCUT2D eigenvalue weighted by atomic mass is 10.1. The Kier molecular flexibility index (Phi) is 5.39. The minimum atomic E-state index is -0.456. The number of halogens is 1. The number of rotatable bonds is 4. The zero-order valence-corrected chi connectivity index (χ0v) is 14.6. The first kappa shape index (κ1) is 17.0. The van der Waals surface area contributed by atoms with Gasteiger partial charge in [0, 0.05) is 10.2 Å². The van der Waals surface area contributed by atoms with E-state index in [-0.39, 0.29) is 5.91 Å². The van der Waals surface area contributed by atoms with Crippen LogP contribution in [0.1, 0.15) is 26.3 Å². The molecule has 0 saturated heterocycles. The van der Waals surface area contributed by atoms with Crippen molar-refractivity contribution in [3.63, 3.8) is 0 Å². The average molecular weight is 378 g/mol. The molecule has 0 unspecified atom stereocenters. The van der Waals surface area contributed by atoms with Crippen molar-refractivity contribution in [1.29, 1.82) is 0 Å². The molecule has 2 aromatic rings. The Morgan fingerprint density at radius 1 is 1.09 bits per heavy atom. The number of methoxy groups -OCH3 is 2. The molecule has 2 rings (SSSR count). The average Bonchev–Trinajstić information content (AvgIpc) is 2.56. The molecule has 1 N–H and O–H groups in total. The van der Waals surface area contributed by atoms with Gasteiger partial charge in [-0.05, 0) is 58.7 Å². The van der Waals surface area contributed by atoms with Crippen LogP contribution in [0.5, 0.6) is 5.75 Å². The Hall–Kier alpha value is -2.34. The summed E-state index contributed by atoms with van der Waals surface area (Å²) in [6.07, 6.45) is 0. The number of benzene rings is 2. The SMILES string of the molecule is COC(=O)c1ccc(C)c(NC(=O)c2cc(OC)ccc2Br)c1. The largest absolute Gasteiger partial charge is 0.497 e. The maximum absolute atomic E-state index is 12.5. The van der Waals surface area contributed by atoms with Gasteiger partial charge in [-0.2, -0.15) is 0 Å². The molecule has 0 atom stereocenters. The van der Waals surface area contributed by atoms with Crippen LogP contribution >= 0.6 is 15.9 Å². The molecular weight excluding hydrogens is 362 g/mol. The highest BCUT2D eigenvalue weighted by molar-refractivity contribution is 9.10. The molecule has 0 fully saturated rings. The van der Waals surface area contributed by atoms with Gasteiger partial charge in [0.25, 0.3) is 5.91 Å². The van der Waals surface area contributed by atoms with Crippen LogP contribution < -0.4 is 10.1 Å². The number of hydrogen-bond acceptors (Lipinski definition) is 4. The third-order valence-corrected chi connectivity index (χ3v) is 4.02. The van der Waals surface area contributed by atoms with Gasteiger partial charge in [0.05, 0.1) is 25.3 Å². The molecule has 0 aliphatic carbocycles. The van der Waals surface area contributed by atoms with Gasteiger partial charge in [-0.15, -0.1) is 0 Å². The minimum Gasteiger partial charge on any atom is -0.497 e. The zero-order chi connectivity index (χ0) is 17.0. The van der Waals surface area contributed by atoms with Crippen LogP contribution in [0.2, 0.25) is 0 Å². The molecule has 0 aliphatic rings. The molecule has 23 heavy (non-hydrogen) atoms. The van der Waals surface area contributed by atoms with Crippen molar-refractivity contribution in [3.05, 3.63) is 57.6 Å². The van der Waals surface area contributed by atoms with Crippen molar-refractivity contribution in [1.82, 2.24) is 0 Å². The lowest BCUT2D eigenvalue weighted by Crippen LogP contribution is -2.14. The van der Waals surface area contributed by atoms with E-state index < -0.39 is 5.97 Å². The van der Waals surface area contributed by atoms with Gasteiger partial charge in [0.2, 0.25) is 0 Å². The standard InChI is InChI=1S/C17H16BrNO4/c1-10-4-5-11(17(21)23-3)8-15(10)19-16(20)13-9-12(22-2)6-7-14(13)18/h4-9H,1-3H3,(H,19,20). The number of amides is 1. The van der Waals surface area contributed by atoms with Gasteiger partial charge >= 0.3 is 5.97 Å². The fourth-order valence-electron chi connectivity index (χ4n) is 2.00. The Bertz CT molecular complexity index is 758. The van der Waals surface area contributed by atoms with Crippen molar-refractivity contribution in [3.8, 4) is 5.75 Å². The van der Waals surface area contributed by atoms with Crippen LogP contribution in [0.3, 0.4) is 0 Å². The molecule has 0 bridgehead atoms. The number of nitrogens with one attached hydrogen (secondary N) is 1. The summed E-state index contributed by atoms with van der Waals surface area (Å²) >= 11 is 3.35. The summed E-state index contributed by atoms with van der Waals surface area (Å²) in [5.41, 5.74) is 2.20. The molecule has 5 nitrogen and oxygen atoms in total. The van der Waals surface area contributed by atoms with E-state index in [0.717, 1.165) is 5.56 Å². The van der Waals surface area contributed by atoms with E-state index in [1.807, 2.05) is 6.92 Å². The van der Waals surface area contributed by atoms with Gasteiger partial charge in [-0.3, -0.25) is 4.79 Å². The van der Waals surface area contributed by atoms with Crippen molar-refractivity contribution in [2.45, 2.75) is 6.92 Å². The van der Waals surface area contributed by atoms with E-state index in [4.69, 9.17) is 9.47 Å². The molecule has 1 amide bonds. The van der Waals surface area contributed by atoms with Crippen LogP contribution in [-0.2, 0) is 4.74 Å². The summed E-state index contributed by atoms with van der Waals surface area (Å²) in [6.45, 7) is 1.84. The molecule has 0 saturated carbocycles. The maximum Gasteiger partial charge on any atom is 0.337 e. The van der Waals surface area contributed by atoms with Crippen LogP contribution in [0.4, 0.5) is 5.69 Å². The summed E-state index contributed by atoms with van der Waals surface area (Å²) in [4.78, 5) is 24.1. The predicted molar refractivity (Wildman–Crippen MR) is 91.2 cm³/mol. The second-order valence-corrected chi connectivity index (χ2v) is 5.68. The molecule has 2 aromatic carbocycles. The number of hydrogen-bond donors (Lipinski definition) is 1. The van der Waals surface area contributed by atoms with E-state index in [9.17, 15) is 9.59 Å². The van der Waals surface area contributed by atoms with E-state index in [2.05, 4.69) is 21.2 Å². The summed E-state index contributed by atoms with van der Waals surface area (Å²) in [6, 6.07) is 10.1. The second kappa shape index (κ2) is 7.28. The summed E-state index contributed by atoms with van der Waals surface area (Å²) in [5.74, 6) is -0.178. The van der Waals surface area contributed by atoms with Crippen molar-refractivity contribution in [2.24, 2.45) is 0 Å². The third-order valence-electron chi connectivity index (χ3n) is 3.33. The lowest BCUT2D eigenvalue weighted by molar-refractivity contribution is 0.0600. The normalized spacial score (nSPS) is 10.1. The minimum absolute atomic E-state index is 0.305. The zero-order valence-electron chi connectivity index (χ0n) is 13.0. The van der Waals surface area contributed by atoms with Crippen molar-refractivity contribution < 1.29 is 19.1 Å². The van der Waals surface area contributed by atoms with Crippen molar-refractivity contribution >= 4 is 33.5 Å². The van der Waals surface area contributed by atoms with E-state index in [1.54, 1.807) is 36.4 Å². The number of aryl methyl sites for hydroxylation is 1. The number of ether oxygens (including phenoxy) is 2. The second-order valence-electron chi connectivity index (χ2n) is 4.82. The number of carbonyl (C=O) groups excluding carboxylic acids is 2. The topological polar surface area (TPSA) is 64.6 Å². The predicted octanol–water partition coefficient (Wildman–Crippen LogP) is 3.81. The molecule has 0 aliphatic heterocycles. The van der Waals surface area contributed by atoms with Crippen LogP contribution in [0, 0.1) is 6.92 Å². The van der Waals surface area contributed by atoms with E-state index in [0.29, 0.717) is 27.0 Å². The molecule has 0 spiro atoms. The fraction of sp³-hybridized carbons (Fsp3) is 0.176. The molecule has 0 aromatic heterocycles. The highest BCUT2D eigenvalue weighted by Gasteiger charge is 2.14. The van der Waals surface area contributed by atoms with Gasteiger partial charge in [0.1, 0.15) is 5.75 Å². The lowest BCUT2D eigenvalue weighted by Gasteiger charge is -2.12. The molecule has 120 valence electrons.